The summed E-state index contributed by atoms with van der Waals surface area (Å²) in [6.45, 7) is 4.57. The lowest BCUT2D eigenvalue weighted by Crippen LogP contribution is -2.33. The van der Waals surface area contributed by atoms with Crippen LogP contribution >= 0.6 is 0 Å². The molecule has 0 radical (unpaired) electrons. The van der Waals surface area contributed by atoms with Gasteiger partial charge in [0.25, 0.3) is 0 Å². The number of alkyl halides is 3. The van der Waals surface area contributed by atoms with E-state index in [0.717, 1.165) is 12.1 Å². The lowest BCUT2D eigenvalue weighted by Gasteiger charge is -2.31. The molecule has 3 nitrogen and oxygen atoms in total. The largest absolute Gasteiger partial charge is 0.416 e. The molecule has 0 aromatic heterocycles. The van der Waals surface area contributed by atoms with Crippen molar-refractivity contribution in [3.63, 3.8) is 0 Å². The van der Waals surface area contributed by atoms with Gasteiger partial charge < -0.3 is 15.7 Å². The molecule has 114 valence electrons. The first-order chi connectivity index (χ1) is 9.31. The first kappa shape index (κ1) is 16.8. The number of aliphatic hydroxyl groups excluding tert-OH is 1. The molecule has 0 fully saturated rings. The number of benzene rings is 1. The third-order valence-corrected chi connectivity index (χ3v) is 3.12. The van der Waals surface area contributed by atoms with Gasteiger partial charge in [-0.2, -0.15) is 13.2 Å². The fraction of sp³-hybridized carbons (Fsp3) is 0.571. The maximum absolute atomic E-state index is 12.7. The molecular weight excluding hydrogens is 269 g/mol. The molecule has 0 bridgehead atoms. The van der Waals surface area contributed by atoms with Crippen LogP contribution in [0.5, 0.6) is 0 Å². The van der Waals surface area contributed by atoms with E-state index in [2.05, 4.69) is 0 Å². The van der Waals surface area contributed by atoms with E-state index >= 15 is 0 Å². The number of hydrogen-bond donors (Lipinski definition) is 2. The standard InChI is InChI=1S/C14H21F3N2O/c1-10(2)19(6-3-7-20)13-5-4-12(14(15,16)17)8-11(13)9-18/h4-5,8,10,20H,3,6-7,9,18H2,1-2H3. The van der Waals surface area contributed by atoms with Crippen molar-refractivity contribution in [3.05, 3.63) is 29.3 Å². The van der Waals surface area contributed by atoms with Crippen LogP contribution in [-0.4, -0.2) is 24.3 Å². The van der Waals surface area contributed by atoms with Crippen molar-refractivity contribution in [3.8, 4) is 0 Å². The minimum Gasteiger partial charge on any atom is -0.396 e. The molecule has 0 atom stereocenters. The zero-order valence-electron chi connectivity index (χ0n) is 11.7. The molecule has 0 aliphatic rings. The SMILES string of the molecule is CC(C)N(CCCO)c1ccc(C(F)(F)F)cc1CN. The highest BCUT2D eigenvalue weighted by molar-refractivity contribution is 5.56. The Morgan fingerprint density at radius 2 is 1.95 bits per heavy atom. The summed E-state index contributed by atoms with van der Waals surface area (Å²) in [5, 5.41) is 8.92. The van der Waals surface area contributed by atoms with Gasteiger partial charge in [-0.05, 0) is 44.0 Å². The summed E-state index contributed by atoms with van der Waals surface area (Å²) < 4.78 is 38.1. The van der Waals surface area contributed by atoms with Crippen LogP contribution in [0.25, 0.3) is 0 Å². The van der Waals surface area contributed by atoms with E-state index < -0.39 is 11.7 Å². The Hall–Kier alpha value is -1.27. The van der Waals surface area contributed by atoms with E-state index in [1.54, 1.807) is 0 Å². The molecule has 1 aromatic carbocycles. The predicted molar refractivity (Wildman–Crippen MR) is 73.5 cm³/mol. The number of anilines is 1. The zero-order chi connectivity index (χ0) is 15.3. The summed E-state index contributed by atoms with van der Waals surface area (Å²) in [5.74, 6) is 0. The molecule has 1 rings (SSSR count). The topological polar surface area (TPSA) is 49.5 Å². The summed E-state index contributed by atoms with van der Waals surface area (Å²) in [6.07, 6.45) is -3.81. The molecule has 0 spiro atoms. The van der Waals surface area contributed by atoms with Crippen molar-refractivity contribution in [1.29, 1.82) is 0 Å². The van der Waals surface area contributed by atoms with Gasteiger partial charge in [-0.25, -0.2) is 0 Å². The van der Waals surface area contributed by atoms with E-state index in [0.29, 0.717) is 24.2 Å². The zero-order valence-corrected chi connectivity index (χ0v) is 11.7. The second-order valence-corrected chi connectivity index (χ2v) is 4.91. The number of hydrogen-bond acceptors (Lipinski definition) is 3. The first-order valence-corrected chi connectivity index (χ1v) is 6.59. The Labute approximate surface area is 117 Å². The Bertz CT molecular complexity index is 433. The Morgan fingerprint density at radius 1 is 1.30 bits per heavy atom. The van der Waals surface area contributed by atoms with Gasteiger partial charge in [0.2, 0.25) is 0 Å². The van der Waals surface area contributed by atoms with Crippen LogP contribution in [0.3, 0.4) is 0 Å². The van der Waals surface area contributed by atoms with Gasteiger partial charge >= 0.3 is 6.18 Å². The van der Waals surface area contributed by atoms with E-state index in [9.17, 15) is 13.2 Å². The van der Waals surface area contributed by atoms with Crippen molar-refractivity contribution in [2.45, 2.75) is 39.0 Å². The van der Waals surface area contributed by atoms with Gasteiger partial charge in [0.05, 0.1) is 5.56 Å². The van der Waals surface area contributed by atoms with Crippen LogP contribution in [0.15, 0.2) is 18.2 Å². The maximum Gasteiger partial charge on any atom is 0.416 e. The Balaban J connectivity index is 3.15. The fourth-order valence-corrected chi connectivity index (χ4v) is 2.10. The van der Waals surface area contributed by atoms with Crippen LogP contribution in [0, 0.1) is 0 Å². The van der Waals surface area contributed by atoms with Gasteiger partial charge in [0.15, 0.2) is 0 Å². The normalized spacial score (nSPS) is 12.0. The average Bonchev–Trinajstić information content (AvgIpc) is 2.37. The van der Waals surface area contributed by atoms with Gasteiger partial charge in [0.1, 0.15) is 0 Å². The van der Waals surface area contributed by atoms with Gasteiger partial charge in [-0.1, -0.05) is 0 Å². The predicted octanol–water partition coefficient (Wildman–Crippen LogP) is 2.76. The summed E-state index contributed by atoms with van der Waals surface area (Å²) in [7, 11) is 0. The van der Waals surface area contributed by atoms with Crippen molar-refractivity contribution in [2.75, 3.05) is 18.1 Å². The molecular formula is C14H21F3N2O. The van der Waals surface area contributed by atoms with E-state index in [-0.39, 0.29) is 19.2 Å². The molecule has 0 aliphatic carbocycles. The number of rotatable bonds is 6. The molecule has 0 amide bonds. The van der Waals surface area contributed by atoms with Crippen LogP contribution in [-0.2, 0) is 12.7 Å². The summed E-state index contributed by atoms with van der Waals surface area (Å²) >= 11 is 0. The van der Waals surface area contributed by atoms with Gasteiger partial charge in [-0.3, -0.25) is 0 Å². The smallest absolute Gasteiger partial charge is 0.396 e. The highest BCUT2D eigenvalue weighted by Crippen LogP contribution is 2.33. The third kappa shape index (κ3) is 4.11. The van der Waals surface area contributed by atoms with E-state index in [4.69, 9.17) is 10.8 Å². The first-order valence-electron chi connectivity index (χ1n) is 6.59. The quantitative estimate of drug-likeness (QED) is 0.847. The Kier molecular flexibility index (Phi) is 5.83. The van der Waals surface area contributed by atoms with Crippen molar-refractivity contribution < 1.29 is 18.3 Å². The van der Waals surface area contributed by atoms with Gasteiger partial charge in [-0.15, -0.1) is 0 Å². The maximum atomic E-state index is 12.7. The third-order valence-electron chi connectivity index (χ3n) is 3.12. The van der Waals surface area contributed by atoms with E-state index in [1.165, 1.54) is 6.07 Å². The molecule has 1 aromatic rings. The monoisotopic (exact) mass is 290 g/mol. The number of nitrogens with two attached hydrogens (primary N) is 1. The fourth-order valence-electron chi connectivity index (χ4n) is 2.10. The highest BCUT2D eigenvalue weighted by Gasteiger charge is 2.31. The van der Waals surface area contributed by atoms with Crippen LogP contribution in [0.2, 0.25) is 0 Å². The molecule has 3 N–H and O–H groups in total. The van der Waals surface area contributed by atoms with Crippen molar-refractivity contribution >= 4 is 5.69 Å². The highest BCUT2D eigenvalue weighted by atomic mass is 19.4. The molecule has 0 saturated heterocycles. The molecule has 0 unspecified atom stereocenters. The molecule has 0 heterocycles. The minimum absolute atomic E-state index is 0.0433. The lowest BCUT2D eigenvalue weighted by molar-refractivity contribution is -0.137. The van der Waals surface area contributed by atoms with Crippen LogP contribution in [0.4, 0.5) is 18.9 Å². The number of aliphatic hydroxyl groups is 1. The lowest BCUT2D eigenvalue weighted by atomic mass is 10.1. The van der Waals surface area contributed by atoms with Gasteiger partial charge in [0, 0.05) is 31.4 Å². The average molecular weight is 290 g/mol. The summed E-state index contributed by atoms with van der Waals surface area (Å²) in [4.78, 5) is 1.96. The minimum atomic E-state index is -4.36. The van der Waals surface area contributed by atoms with Crippen molar-refractivity contribution in [1.82, 2.24) is 0 Å². The second-order valence-electron chi connectivity index (χ2n) is 4.91. The van der Waals surface area contributed by atoms with Crippen LogP contribution in [0.1, 0.15) is 31.4 Å². The molecule has 0 aliphatic heterocycles. The second kappa shape index (κ2) is 6.95. The summed E-state index contributed by atoms with van der Waals surface area (Å²) in [5.41, 5.74) is 6.06. The van der Waals surface area contributed by atoms with Crippen molar-refractivity contribution in [2.24, 2.45) is 5.73 Å². The van der Waals surface area contributed by atoms with E-state index in [1.807, 2.05) is 18.7 Å². The molecule has 20 heavy (non-hydrogen) atoms. The molecule has 0 saturated carbocycles. The Morgan fingerprint density at radius 3 is 2.40 bits per heavy atom. The number of halogens is 3. The summed E-state index contributed by atoms with van der Waals surface area (Å²) in [6, 6.07) is 3.75. The molecule has 6 heteroatoms. The van der Waals surface area contributed by atoms with Crippen LogP contribution < -0.4 is 10.6 Å². The number of nitrogens with zero attached hydrogens (tertiary/aromatic N) is 1.